The first-order chi connectivity index (χ1) is 17.6. The van der Waals surface area contributed by atoms with Gasteiger partial charge in [0.1, 0.15) is 6.07 Å². The monoisotopic (exact) mass is 509 g/mol. The van der Waals surface area contributed by atoms with Gasteiger partial charge in [-0.1, -0.05) is 75.2 Å². The van der Waals surface area contributed by atoms with Crippen molar-refractivity contribution in [1.82, 2.24) is 9.78 Å². The molecule has 3 heteroatoms. The zero-order chi connectivity index (χ0) is 27.4. The average Bonchev–Trinajstić information content (AvgIpc) is 3.50. The molecule has 4 saturated carbocycles. The van der Waals surface area contributed by atoms with Gasteiger partial charge in [0.2, 0.25) is 0 Å². The first-order valence-electron chi connectivity index (χ1n) is 16.1. The highest BCUT2D eigenvalue weighted by molar-refractivity contribution is 5.16. The molecule has 8 unspecified atom stereocenters. The summed E-state index contributed by atoms with van der Waals surface area (Å²) in [6.45, 7) is 22.0. The molecule has 0 saturated heterocycles. The zero-order valence-electron chi connectivity index (χ0n) is 25.9. The molecule has 0 radical (unpaired) electrons. The van der Waals surface area contributed by atoms with Gasteiger partial charge >= 0.3 is 0 Å². The minimum atomic E-state index is 0.502. The maximum atomic E-state index is 9.12. The van der Waals surface area contributed by atoms with Crippen LogP contribution in [0.15, 0.2) is 12.3 Å². The molecule has 4 fully saturated rings. The van der Waals surface area contributed by atoms with Gasteiger partial charge in [-0.15, -0.1) is 0 Å². The van der Waals surface area contributed by atoms with Crippen molar-refractivity contribution in [1.29, 1.82) is 5.26 Å². The van der Waals surface area contributed by atoms with Crippen LogP contribution in [0.3, 0.4) is 0 Å². The Morgan fingerprint density at radius 1 is 0.973 bits per heavy atom. The van der Waals surface area contributed by atoms with Crippen LogP contribution in [0.1, 0.15) is 139 Å². The predicted octanol–water partition coefficient (Wildman–Crippen LogP) is 9.91. The van der Waals surface area contributed by atoms with Crippen LogP contribution >= 0.6 is 0 Å². The minimum absolute atomic E-state index is 0.502. The summed E-state index contributed by atoms with van der Waals surface area (Å²) >= 11 is 0. The highest BCUT2D eigenvalue weighted by atomic mass is 15.3. The molecule has 0 spiro atoms. The van der Waals surface area contributed by atoms with E-state index >= 15 is 0 Å². The second kappa shape index (κ2) is 12.3. The van der Waals surface area contributed by atoms with E-state index in [1.54, 1.807) is 0 Å². The number of aromatic nitrogens is 2. The normalized spacial score (nSPS) is 40.9. The second-order valence-corrected chi connectivity index (χ2v) is 14.0. The standard InChI is InChI=1S/C29H45N3.C3H8.C2H6/c1-6-27(3)14-15-28(4)21(17-27)7-8-23-25-10-9-24(29(25,5)13-11-26(23)28)20(2)19-32-16-12-22(18-30)31-32;1-3-2;1-2/h12,16,20-21,23-26H,6-11,13-15,17,19H2,1-5H3;3H2,1-2H3;1-2H3/t20?,21?,23?,24?,25?,26?,27-,28?,29?;;/m0../s1. The van der Waals surface area contributed by atoms with Crippen molar-refractivity contribution in [2.45, 2.75) is 139 Å². The number of nitriles is 1. The predicted molar refractivity (Wildman–Crippen MR) is 157 cm³/mol. The van der Waals surface area contributed by atoms with Crippen LogP contribution in [0.2, 0.25) is 0 Å². The molecule has 0 amide bonds. The van der Waals surface area contributed by atoms with Crippen LogP contribution in [0.25, 0.3) is 0 Å². The molecule has 5 rings (SSSR count). The summed E-state index contributed by atoms with van der Waals surface area (Å²) in [5, 5.41) is 13.6. The van der Waals surface area contributed by atoms with Crippen LogP contribution in [-0.2, 0) is 6.54 Å². The van der Waals surface area contributed by atoms with E-state index in [1.807, 2.05) is 30.8 Å². The summed E-state index contributed by atoms with van der Waals surface area (Å²) < 4.78 is 2.02. The second-order valence-electron chi connectivity index (χ2n) is 14.0. The highest BCUT2D eigenvalue weighted by Crippen LogP contribution is 2.69. The van der Waals surface area contributed by atoms with Crippen LogP contribution in [0.5, 0.6) is 0 Å². The summed E-state index contributed by atoms with van der Waals surface area (Å²) in [7, 11) is 0. The smallest absolute Gasteiger partial charge is 0.162 e. The molecular formula is C34H59N3. The fourth-order valence-corrected chi connectivity index (χ4v) is 9.77. The van der Waals surface area contributed by atoms with E-state index in [0.29, 0.717) is 27.9 Å². The van der Waals surface area contributed by atoms with Gasteiger partial charge in [0.15, 0.2) is 5.69 Å². The molecule has 9 atom stereocenters. The summed E-state index contributed by atoms with van der Waals surface area (Å²) in [6.07, 6.45) is 17.8. The maximum absolute atomic E-state index is 9.12. The molecule has 1 aromatic rings. The van der Waals surface area contributed by atoms with Crippen molar-refractivity contribution in [2.24, 2.45) is 51.8 Å². The summed E-state index contributed by atoms with van der Waals surface area (Å²) in [5.74, 6) is 5.26. The number of hydrogen-bond acceptors (Lipinski definition) is 2. The molecular weight excluding hydrogens is 450 g/mol. The van der Waals surface area contributed by atoms with E-state index in [1.165, 1.54) is 70.6 Å². The van der Waals surface area contributed by atoms with Crippen molar-refractivity contribution in [3.63, 3.8) is 0 Å². The third kappa shape index (κ3) is 5.70. The van der Waals surface area contributed by atoms with Gasteiger partial charge < -0.3 is 0 Å². The van der Waals surface area contributed by atoms with E-state index < -0.39 is 0 Å². The van der Waals surface area contributed by atoms with Crippen molar-refractivity contribution >= 4 is 0 Å². The molecule has 4 aliphatic rings. The molecule has 0 bridgehead atoms. The van der Waals surface area contributed by atoms with Gasteiger partial charge in [0.25, 0.3) is 0 Å². The van der Waals surface area contributed by atoms with Gasteiger partial charge in [-0.05, 0) is 116 Å². The van der Waals surface area contributed by atoms with Crippen LogP contribution < -0.4 is 0 Å². The molecule has 0 aromatic carbocycles. The van der Waals surface area contributed by atoms with Crippen molar-refractivity contribution < 1.29 is 0 Å². The third-order valence-corrected chi connectivity index (χ3v) is 11.9. The summed E-state index contributed by atoms with van der Waals surface area (Å²) in [4.78, 5) is 0. The number of fused-ring (bicyclic) bond motifs is 5. The first-order valence-corrected chi connectivity index (χ1v) is 16.1. The number of rotatable bonds is 4. The van der Waals surface area contributed by atoms with E-state index in [-0.39, 0.29) is 0 Å². The molecule has 4 aliphatic carbocycles. The lowest BCUT2D eigenvalue weighted by Gasteiger charge is -2.62. The molecule has 0 aliphatic heterocycles. The van der Waals surface area contributed by atoms with Gasteiger partial charge in [0, 0.05) is 12.7 Å². The Bertz CT molecular complexity index is 897. The Hall–Kier alpha value is -1.30. The average molecular weight is 510 g/mol. The quantitative estimate of drug-likeness (QED) is 0.405. The zero-order valence-corrected chi connectivity index (χ0v) is 25.9. The molecule has 1 aromatic heterocycles. The van der Waals surface area contributed by atoms with Crippen LogP contribution in [-0.4, -0.2) is 9.78 Å². The Morgan fingerprint density at radius 2 is 1.65 bits per heavy atom. The lowest BCUT2D eigenvalue weighted by molar-refractivity contribution is -0.132. The number of hydrogen-bond donors (Lipinski definition) is 0. The topological polar surface area (TPSA) is 41.6 Å². The Labute approximate surface area is 230 Å². The van der Waals surface area contributed by atoms with Gasteiger partial charge in [0.05, 0.1) is 0 Å². The molecule has 0 N–H and O–H groups in total. The van der Waals surface area contributed by atoms with E-state index in [2.05, 4.69) is 59.6 Å². The SMILES string of the molecule is CC.CCC.CC[C@@]1(C)CCC2(C)C(CCC3C2CCC2(C)C(C(C)Cn4ccc(C#N)n4)CCC32)C1. The highest BCUT2D eigenvalue weighted by Gasteiger charge is 2.61. The molecule has 210 valence electrons. The van der Waals surface area contributed by atoms with E-state index in [4.69, 9.17) is 5.26 Å². The third-order valence-electron chi connectivity index (χ3n) is 11.9. The largest absolute Gasteiger partial charge is 0.271 e. The van der Waals surface area contributed by atoms with E-state index in [0.717, 1.165) is 36.1 Å². The Kier molecular flexibility index (Phi) is 10.0. The van der Waals surface area contributed by atoms with Gasteiger partial charge in [-0.25, -0.2) is 0 Å². The van der Waals surface area contributed by atoms with Gasteiger partial charge in [-0.3, -0.25) is 4.68 Å². The minimum Gasteiger partial charge on any atom is -0.271 e. The first kappa shape index (κ1) is 30.2. The van der Waals surface area contributed by atoms with Crippen LogP contribution in [0, 0.1) is 63.1 Å². The van der Waals surface area contributed by atoms with Crippen molar-refractivity contribution in [3.8, 4) is 6.07 Å². The molecule has 3 nitrogen and oxygen atoms in total. The molecule has 1 heterocycles. The lowest BCUT2D eigenvalue weighted by atomic mass is 9.42. The fourth-order valence-electron chi connectivity index (χ4n) is 9.77. The van der Waals surface area contributed by atoms with Gasteiger partial charge in [-0.2, -0.15) is 10.4 Å². The Morgan fingerprint density at radius 3 is 2.27 bits per heavy atom. The summed E-state index contributed by atoms with van der Waals surface area (Å²) in [5.41, 5.74) is 2.25. The lowest BCUT2D eigenvalue weighted by Crippen LogP contribution is -2.54. The molecule has 37 heavy (non-hydrogen) atoms. The van der Waals surface area contributed by atoms with Crippen LogP contribution in [0.4, 0.5) is 0 Å². The number of nitrogens with zero attached hydrogens (tertiary/aromatic N) is 3. The van der Waals surface area contributed by atoms with Crippen molar-refractivity contribution in [3.05, 3.63) is 18.0 Å². The summed E-state index contributed by atoms with van der Waals surface area (Å²) in [6, 6.07) is 4.03. The fraction of sp³-hybridized carbons (Fsp3) is 0.882. The van der Waals surface area contributed by atoms with E-state index in [9.17, 15) is 0 Å². The van der Waals surface area contributed by atoms with Crippen molar-refractivity contribution in [2.75, 3.05) is 0 Å². The maximum Gasteiger partial charge on any atom is 0.162 e. The Balaban J connectivity index is 0.000000711.